The summed E-state index contributed by atoms with van der Waals surface area (Å²) in [6, 6.07) is 4.89. The van der Waals surface area contributed by atoms with Gasteiger partial charge in [-0.1, -0.05) is 17.7 Å². The van der Waals surface area contributed by atoms with Crippen molar-refractivity contribution in [2.45, 2.75) is 12.5 Å². The molecule has 5 nitrogen and oxygen atoms in total. The van der Waals surface area contributed by atoms with Crippen molar-refractivity contribution in [3.8, 4) is 0 Å². The number of aryl methyl sites for hydroxylation is 1. The molecule has 0 aliphatic heterocycles. The number of aromatic nitrogens is 2. The normalized spacial score (nSPS) is 12.9. The molecular weight excluding hydrogens is 242 g/mol. The zero-order valence-corrected chi connectivity index (χ0v) is 9.98. The number of hydrogen-bond acceptors (Lipinski definition) is 3. The van der Waals surface area contributed by atoms with Crippen LogP contribution in [0.5, 0.6) is 0 Å². The molecule has 0 radical (unpaired) electrons. The molecule has 3 N–H and O–H groups in total. The Hall–Kier alpha value is -1.59. The molecule has 1 unspecified atom stereocenters. The molecule has 0 spiro atoms. The van der Waals surface area contributed by atoms with Gasteiger partial charge in [-0.15, -0.1) is 0 Å². The molecular formula is C11H12ClN3O2. The SMILES string of the molecule is Cn1nc(Cl)c2ccc(C(N)CC(=O)O)cc21. The second kappa shape index (κ2) is 4.35. The van der Waals surface area contributed by atoms with Crippen LogP contribution in [0.3, 0.4) is 0 Å². The van der Waals surface area contributed by atoms with Crippen molar-refractivity contribution in [3.05, 3.63) is 28.9 Å². The van der Waals surface area contributed by atoms with E-state index in [2.05, 4.69) is 5.10 Å². The number of hydrogen-bond donors (Lipinski definition) is 2. The smallest absolute Gasteiger partial charge is 0.305 e. The van der Waals surface area contributed by atoms with Gasteiger partial charge in [0.25, 0.3) is 0 Å². The first-order valence-electron chi connectivity index (χ1n) is 5.08. The Morgan fingerprint density at radius 3 is 3.00 bits per heavy atom. The van der Waals surface area contributed by atoms with E-state index < -0.39 is 12.0 Å². The molecule has 1 heterocycles. The Kier molecular flexibility index (Phi) is 3.04. The van der Waals surface area contributed by atoms with E-state index in [1.165, 1.54) is 0 Å². The van der Waals surface area contributed by atoms with E-state index >= 15 is 0 Å². The summed E-state index contributed by atoms with van der Waals surface area (Å²) in [4.78, 5) is 10.6. The Labute approximate surface area is 103 Å². The summed E-state index contributed by atoms with van der Waals surface area (Å²) >= 11 is 5.94. The number of nitrogens with zero attached hydrogens (tertiary/aromatic N) is 2. The Morgan fingerprint density at radius 1 is 1.65 bits per heavy atom. The lowest BCUT2D eigenvalue weighted by Crippen LogP contribution is -2.14. The molecule has 0 saturated carbocycles. The van der Waals surface area contributed by atoms with Crippen molar-refractivity contribution in [2.24, 2.45) is 12.8 Å². The molecule has 0 aliphatic rings. The highest BCUT2D eigenvalue weighted by Gasteiger charge is 2.13. The van der Waals surface area contributed by atoms with Gasteiger partial charge in [0, 0.05) is 18.5 Å². The first kappa shape index (κ1) is 11.9. The second-order valence-electron chi connectivity index (χ2n) is 3.90. The minimum Gasteiger partial charge on any atom is -0.481 e. The van der Waals surface area contributed by atoms with Crippen LogP contribution in [0.2, 0.25) is 5.15 Å². The van der Waals surface area contributed by atoms with Gasteiger partial charge in [-0.25, -0.2) is 0 Å². The van der Waals surface area contributed by atoms with E-state index in [0.717, 1.165) is 16.5 Å². The summed E-state index contributed by atoms with van der Waals surface area (Å²) in [7, 11) is 1.78. The molecule has 1 aromatic carbocycles. The lowest BCUT2D eigenvalue weighted by molar-refractivity contribution is -0.137. The fraction of sp³-hybridized carbons (Fsp3) is 0.273. The van der Waals surface area contributed by atoms with Crippen molar-refractivity contribution in [1.29, 1.82) is 0 Å². The Bertz CT molecular complexity index is 579. The highest BCUT2D eigenvalue weighted by atomic mass is 35.5. The molecule has 2 rings (SSSR count). The zero-order valence-electron chi connectivity index (χ0n) is 9.22. The first-order chi connectivity index (χ1) is 7.99. The van der Waals surface area contributed by atoms with Crippen LogP contribution in [0.25, 0.3) is 10.9 Å². The number of benzene rings is 1. The highest BCUT2D eigenvalue weighted by molar-refractivity contribution is 6.34. The summed E-state index contributed by atoms with van der Waals surface area (Å²) in [6.45, 7) is 0. The first-order valence-corrected chi connectivity index (χ1v) is 5.46. The number of carbonyl (C=O) groups is 1. The van der Waals surface area contributed by atoms with E-state index in [4.69, 9.17) is 22.4 Å². The van der Waals surface area contributed by atoms with Gasteiger partial charge in [0.2, 0.25) is 0 Å². The van der Waals surface area contributed by atoms with Crippen LogP contribution in [0.15, 0.2) is 18.2 Å². The number of carboxylic acids is 1. The summed E-state index contributed by atoms with van der Waals surface area (Å²) in [6.07, 6.45) is -0.100. The topological polar surface area (TPSA) is 81.1 Å². The van der Waals surface area contributed by atoms with E-state index in [-0.39, 0.29) is 6.42 Å². The fourth-order valence-electron chi connectivity index (χ4n) is 1.77. The van der Waals surface area contributed by atoms with Crippen molar-refractivity contribution < 1.29 is 9.90 Å². The molecule has 6 heteroatoms. The number of carboxylic acid groups (broad SMARTS) is 1. The molecule has 17 heavy (non-hydrogen) atoms. The maximum Gasteiger partial charge on any atom is 0.305 e. The standard InChI is InChI=1S/C11H12ClN3O2/c1-15-9-4-6(8(13)5-10(16)17)2-3-7(9)11(12)14-15/h2-4,8H,5,13H2,1H3,(H,16,17). The molecule has 2 aromatic rings. The number of nitrogens with two attached hydrogens (primary N) is 1. The van der Waals surface area contributed by atoms with Crippen molar-refractivity contribution in [1.82, 2.24) is 9.78 Å². The minimum absolute atomic E-state index is 0.100. The summed E-state index contributed by atoms with van der Waals surface area (Å²) in [5.41, 5.74) is 7.40. The predicted octanol–water partition coefficient (Wildman–Crippen LogP) is 1.70. The van der Waals surface area contributed by atoms with Crippen LogP contribution in [-0.4, -0.2) is 20.9 Å². The number of fused-ring (bicyclic) bond motifs is 1. The number of aliphatic carboxylic acids is 1. The maximum absolute atomic E-state index is 10.6. The van der Waals surface area contributed by atoms with Gasteiger partial charge in [-0.2, -0.15) is 5.10 Å². The van der Waals surface area contributed by atoms with E-state index in [1.807, 2.05) is 12.1 Å². The van der Waals surface area contributed by atoms with Crippen molar-refractivity contribution >= 4 is 28.5 Å². The third-order valence-corrected chi connectivity index (χ3v) is 2.93. The van der Waals surface area contributed by atoms with Gasteiger partial charge >= 0.3 is 5.97 Å². The average Bonchev–Trinajstić information content (AvgIpc) is 2.53. The monoisotopic (exact) mass is 253 g/mol. The van der Waals surface area contributed by atoms with Crippen LogP contribution in [0, 0.1) is 0 Å². The molecule has 0 fully saturated rings. The van der Waals surface area contributed by atoms with E-state index in [1.54, 1.807) is 17.8 Å². The summed E-state index contributed by atoms with van der Waals surface area (Å²) in [5, 5.41) is 14.0. The molecule has 0 amide bonds. The van der Waals surface area contributed by atoms with Gasteiger partial charge in [-0.05, 0) is 17.7 Å². The molecule has 0 aliphatic carbocycles. The third kappa shape index (κ3) is 2.25. The van der Waals surface area contributed by atoms with Crippen LogP contribution in [0.1, 0.15) is 18.0 Å². The highest BCUT2D eigenvalue weighted by Crippen LogP contribution is 2.25. The van der Waals surface area contributed by atoms with Gasteiger partial charge in [0.05, 0.1) is 11.9 Å². The zero-order chi connectivity index (χ0) is 12.6. The van der Waals surface area contributed by atoms with Crippen LogP contribution < -0.4 is 5.73 Å². The maximum atomic E-state index is 10.6. The van der Waals surface area contributed by atoms with Gasteiger partial charge in [0.1, 0.15) is 0 Å². The Morgan fingerprint density at radius 2 is 2.35 bits per heavy atom. The number of rotatable bonds is 3. The minimum atomic E-state index is -0.916. The van der Waals surface area contributed by atoms with Gasteiger partial charge in [-0.3, -0.25) is 9.48 Å². The fourth-order valence-corrected chi connectivity index (χ4v) is 2.04. The molecule has 1 aromatic heterocycles. The molecule has 0 bridgehead atoms. The molecule has 0 saturated heterocycles. The predicted molar refractivity (Wildman–Crippen MR) is 64.9 cm³/mol. The lowest BCUT2D eigenvalue weighted by Gasteiger charge is -2.09. The molecule has 90 valence electrons. The van der Waals surface area contributed by atoms with Gasteiger partial charge in [0.15, 0.2) is 5.15 Å². The van der Waals surface area contributed by atoms with Gasteiger partial charge < -0.3 is 10.8 Å². The van der Waals surface area contributed by atoms with E-state index in [0.29, 0.717) is 5.15 Å². The second-order valence-corrected chi connectivity index (χ2v) is 4.25. The van der Waals surface area contributed by atoms with Crippen molar-refractivity contribution in [3.63, 3.8) is 0 Å². The average molecular weight is 254 g/mol. The molecule has 1 atom stereocenters. The Balaban J connectivity index is 2.44. The third-order valence-electron chi connectivity index (χ3n) is 2.65. The lowest BCUT2D eigenvalue weighted by atomic mass is 10.0. The van der Waals surface area contributed by atoms with Crippen molar-refractivity contribution in [2.75, 3.05) is 0 Å². The van der Waals surface area contributed by atoms with E-state index in [9.17, 15) is 4.79 Å². The quantitative estimate of drug-likeness (QED) is 0.872. The number of halogens is 1. The van der Waals surface area contributed by atoms with Crippen LogP contribution in [-0.2, 0) is 11.8 Å². The summed E-state index contributed by atoms with van der Waals surface area (Å²) in [5.74, 6) is -0.916. The summed E-state index contributed by atoms with van der Waals surface area (Å²) < 4.78 is 1.65. The van der Waals surface area contributed by atoms with Crippen LogP contribution >= 0.6 is 11.6 Å². The largest absolute Gasteiger partial charge is 0.481 e. The van der Waals surface area contributed by atoms with Crippen LogP contribution in [0.4, 0.5) is 0 Å².